The number of halogens is 1. The molecule has 0 fully saturated rings. The molecule has 0 radical (unpaired) electrons. The van der Waals surface area contributed by atoms with Gasteiger partial charge in [0.15, 0.2) is 6.29 Å². The van der Waals surface area contributed by atoms with Gasteiger partial charge in [-0.2, -0.15) is 0 Å². The summed E-state index contributed by atoms with van der Waals surface area (Å²) in [5.41, 5.74) is 1.47. The molecule has 0 bridgehead atoms. The summed E-state index contributed by atoms with van der Waals surface area (Å²) in [5, 5.41) is 3.69. The Morgan fingerprint density at radius 3 is 2.84 bits per heavy atom. The van der Waals surface area contributed by atoms with Crippen LogP contribution in [-0.4, -0.2) is 22.8 Å². The lowest BCUT2D eigenvalue weighted by Gasteiger charge is -2.09. The number of nitrogens with zero attached hydrogens (tertiary/aromatic N) is 1. The molecule has 1 amide bonds. The van der Waals surface area contributed by atoms with Crippen LogP contribution >= 0.6 is 15.9 Å². The van der Waals surface area contributed by atoms with Gasteiger partial charge in [0.25, 0.3) is 0 Å². The molecular formula is C14H15BrN2O2. The number of carbonyl (C=O) groups is 2. The number of hydrogen-bond donors (Lipinski definition) is 1. The van der Waals surface area contributed by atoms with Gasteiger partial charge in [-0.05, 0) is 32.0 Å². The largest absolute Gasteiger partial charge is 0.352 e. The summed E-state index contributed by atoms with van der Waals surface area (Å²) >= 11 is 3.38. The van der Waals surface area contributed by atoms with Crippen LogP contribution in [0.1, 0.15) is 24.2 Å². The Morgan fingerprint density at radius 1 is 1.47 bits per heavy atom. The molecule has 4 nitrogen and oxygen atoms in total. The first-order chi connectivity index (χ1) is 9.01. The van der Waals surface area contributed by atoms with E-state index in [1.54, 1.807) is 10.8 Å². The van der Waals surface area contributed by atoms with Gasteiger partial charge in [0.05, 0.1) is 0 Å². The average molecular weight is 323 g/mol. The SMILES string of the molecule is CC(C)NC(=O)Cn1cc(C=O)c2cc(Br)ccc21. The summed E-state index contributed by atoms with van der Waals surface area (Å²) in [5.74, 6) is -0.0627. The summed E-state index contributed by atoms with van der Waals surface area (Å²) in [4.78, 5) is 22.9. The highest BCUT2D eigenvalue weighted by Crippen LogP contribution is 2.24. The second kappa shape index (κ2) is 5.57. The number of fused-ring (bicyclic) bond motifs is 1. The van der Waals surface area contributed by atoms with Gasteiger partial charge >= 0.3 is 0 Å². The first-order valence-electron chi connectivity index (χ1n) is 6.04. The number of hydrogen-bond acceptors (Lipinski definition) is 2. The van der Waals surface area contributed by atoms with Gasteiger partial charge in [-0.25, -0.2) is 0 Å². The number of amides is 1. The second-order valence-electron chi connectivity index (χ2n) is 4.71. The highest BCUT2D eigenvalue weighted by Gasteiger charge is 2.11. The van der Waals surface area contributed by atoms with Crippen molar-refractivity contribution in [1.29, 1.82) is 0 Å². The van der Waals surface area contributed by atoms with Crippen LogP contribution in [0.5, 0.6) is 0 Å². The smallest absolute Gasteiger partial charge is 0.240 e. The van der Waals surface area contributed by atoms with Gasteiger partial charge in [0.1, 0.15) is 6.54 Å². The Hall–Kier alpha value is -1.62. The van der Waals surface area contributed by atoms with Crippen LogP contribution in [0.2, 0.25) is 0 Å². The maximum absolute atomic E-state index is 11.8. The van der Waals surface area contributed by atoms with Crippen molar-refractivity contribution in [2.24, 2.45) is 0 Å². The monoisotopic (exact) mass is 322 g/mol. The van der Waals surface area contributed by atoms with Crippen LogP contribution in [0.15, 0.2) is 28.9 Å². The Kier molecular flexibility index (Phi) is 4.04. The molecular weight excluding hydrogens is 308 g/mol. The molecule has 0 spiro atoms. The number of aldehydes is 1. The molecule has 1 N–H and O–H groups in total. The van der Waals surface area contributed by atoms with Crippen molar-refractivity contribution >= 4 is 39.0 Å². The average Bonchev–Trinajstić information content (AvgIpc) is 2.65. The first kappa shape index (κ1) is 13.8. The minimum Gasteiger partial charge on any atom is -0.352 e. The van der Waals surface area contributed by atoms with Gasteiger partial charge < -0.3 is 9.88 Å². The standard InChI is InChI=1S/C14H15BrN2O2/c1-9(2)16-14(19)7-17-6-10(8-18)12-5-11(15)3-4-13(12)17/h3-6,8-9H,7H2,1-2H3,(H,16,19). The minimum atomic E-state index is -0.0627. The Bertz CT molecular complexity index is 632. The van der Waals surface area contributed by atoms with Gasteiger partial charge in [-0.1, -0.05) is 15.9 Å². The maximum Gasteiger partial charge on any atom is 0.240 e. The molecule has 100 valence electrons. The third kappa shape index (κ3) is 3.04. The zero-order chi connectivity index (χ0) is 14.0. The summed E-state index contributed by atoms with van der Waals surface area (Å²) in [6.45, 7) is 4.05. The van der Waals surface area contributed by atoms with Gasteiger partial charge in [0, 0.05) is 33.2 Å². The third-order valence-electron chi connectivity index (χ3n) is 2.76. The van der Waals surface area contributed by atoms with Crippen molar-refractivity contribution in [3.05, 3.63) is 34.4 Å². The first-order valence-corrected chi connectivity index (χ1v) is 6.83. The molecule has 0 unspecified atom stereocenters. The number of carbonyl (C=O) groups excluding carboxylic acids is 2. The Morgan fingerprint density at radius 2 is 2.21 bits per heavy atom. The van der Waals surface area contributed by atoms with Crippen molar-refractivity contribution in [3.8, 4) is 0 Å². The molecule has 2 rings (SSSR count). The Labute approximate surface area is 119 Å². The van der Waals surface area contributed by atoms with E-state index in [2.05, 4.69) is 21.2 Å². The summed E-state index contributed by atoms with van der Waals surface area (Å²) in [6.07, 6.45) is 2.52. The van der Waals surface area contributed by atoms with E-state index in [9.17, 15) is 9.59 Å². The van der Waals surface area contributed by atoms with E-state index in [0.29, 0.717) is 5.56 Å². The predicted molar refractivity (Wildman–Crippen MR) is 78.3 cm³/mol. The topological polar surface area (TPSA) is 51.1 Å². The number of rotatable bonds is 4. The number of nitrogens with one attached hydrogen (secondary N) is 1. The quantitative estimate of drug-likeness (QED) is 0.880. The zero-order valence-corrected chi connectivity index (χ0v) is 12.4. The van der Waals surface area contributed by atoms with E-state index in [4.69, 9.17) is 0 Å². The third-order valence-corrected chi connectivity index (χ3v) is 3.26. The fraction of sp³-hybridized carbons (Fsp3) is 0.286. The summed E-state index contributed by atoms with van der Waals surface area (Å²) < 4.78 is 2.70. The van der Waals surface area contributed by atoms with Gasteiger partial charge in [-0.3, -0.25) is 9.59 Å². The fourth-order valence-electron chi connectivity index (χ4n) is 2.04. The molecule has 2 aromatic rings. The molecule has 0 saturated heterocycles. The fourth-order valence-corrected chi connectivity index (χ4v) is 2.41. The van der Waals surface area contributed by atoms with Crippen LogP contribution in [-0.2, 0) is 11.3 Å². The van der Waals surface area contributed by atoms with Gasteiger partial charge in [0.2, 0.25) is 5.91 Å². The minimum absolute atomic E-state index is 0.0627. The number of benzene rings is 1. The normalized spacial score (nSPS) is 10.9. The number of aromatic nitrogens is 1. The van der Waals surface area contributed by atoms with Crippen molar-refractivity contribution in [1.82, 2.24) is 9.88 Å². The molecule has 5 heteroatoms. The van der Waals surface area contributed by atoms with Crippen LogP contribution in [0.25, 0.3) is 10.9 Å². The van der Waals surface area contributed by atoms with E-state index < -0.39 is 0 Å². The summed E-state index contributed by atoms with van der Waals surface area (Å²) in [7, 11) is 0. The van der Waals surface area contributed by atoms with E-state index in [1.165, 1.54) is 0 Å². The lowest BCUT2D eigenvalue weighted by atomic mass is 10.2. The van der Waals surface area contributed by atoms with E-state index in [-0.39, 0.29) is 18.5 Å². The molecule has 1 aromatic carbocycles. The molecule has 0 atom stereocenters. The molecule has 19 heavy (non-hydrogen) atoms. The van der Waals surface area contributed by atoms with Crippen molar-refractivity contribution < 1.29 is 9.59 Å². The highest BCUT2D eigenvalue weighted by atomic mass is 79.9. The van der Waals surface area contributed by atoms with Crippen molar-refractivity contribution in [2.45, 2.75) is 26.4 Å². The van der Waals surface area contributed by atoms with Crippen LogP contribution in [0.4, 0.5) is 0 Å². The predicted octanol–water partition coefficient (Wildman–Crippen LogP) is 2.74. The maximum atomic E-state index is 11.8. The molecule has 0 aliphatic rings. The lowest BCUT2D eigenvalue weighted by Crippen LogP contribution is -2.32. The van der Waals surface area contributed by atoms with E-state index in [0.717, 1.165) is 21.7 Å². The van der Waals surface area contributed by atoms with Crippen LogP contribution in [0, 0.1) is 0 Å². The highest BCUT2D eigenvalue weighted by molar-refractivity contribution is 9.10. The molecule has 0 aliphatic heterocycles. The van der Waals surface area contributed by atoms with E-state index in [1.807, 2.05) is 32.0 Å². The zero-order valence-electron chi connectivity index (χ0n) is 10.8. The second-order valence-corrected chi connectivity index (χ2v) is 5.63. The van der Waals surface area contributed by atoms with Crippen molar-refractivity contribution in [2.75, 3.05) is 0 Å². The lowest BCUT2D eigenvalue weighted by molar-refractivity contribution is -0.122. The van der Waals surface area contributed by atoms with Crippen LogP contribution in [0.3, 0.4) is 0 Å². The Balaban J connectivity index is 2.38. The van der Waals surface area contributed by atoms with E-state index >= 15 is 0 Å². The summed E-state index contributed by atoms with van der Waals surface area (Å²) in [6, 6.07) is 5.78. The van der Waals surface area contributed by atoms with Crippen LogP contribution < -0.4 is 5.32 Å². The van der Waals surface area contributed by atoms with Crippen molar-refractivity contribution in [3.63, 3.8) is 0 Å². The molecule has 0 saturated carbocycles. The molecule has 1 heterocycles. The molecule has 1 aromatic heterocycles. The molecule has 0 aliphatic carbocycles. The van der Waals surface area contributed by atoms with Gasteiger partial charge in [-0.15, -0.1) is 0 Å².